The molecule has 1 heterocycles. The third kappa shape index (κ3) is 4.08. The molecule has 0 bridgehead atoms. The molecule has 7 nitrogen and oxygen atoms in total. The van der Waals surface area contributed by atoms with Gasteiger partial charge in [0.25, 0.3) is 0 Å². The maximum absolute atomic E-state index is 12.0. The number of ether oxygens (including phenoxy) is 2. The highest BCUT2D eigenvalue weighted by atomic mass is 79.9. The number of hydrogen-bond acceptors (Lipinski definition) is 5. The van der Waals surface area contributed by atoms with Crippen LogP contribution < -0.4 is 4.72 Å². The minimum absolute atomic E-state index is 0.115. The molecule has 0 spiro atoms. The zero-order valence-corrected chi connectivity index (χ0v) is 12.7. The van der Waals surface area contributed by atoms with E-state index in [0.717, 1.165) is 0 Å². The van der Waals surface area contributed by atoms with Gasteiger partial charge in [-0.05, 0) is 13.8 Å². The van der Waals surface area contributed by atoms with Gasteiger partial charge in [-0.2, -0.15) is 12.7 Å². The summed E-state index contributed by atoms with van der Waals surface area (Å²) < 4.78 is 37.0. The Morgan fingerprint density at radius 2 is 2.28 bits per heavy atom. The largest absolute Gasteiger partial charge is 0.449 e. The Kier molecular flexibility index (Phi) is 5.83. The smallest absolute Gasteiger partial charge is 0.421 e. The Morgan fingerprint density at radius 3 is 2.83 bits per heavy atom. The maximum atomic E-state index is 12.0. The molecule has 2 atom stereocenters. The SMILES string of the molecule is CCOC(=O)NS(=O)(=O)N1CC(CBr)OCC1C. The predicted octanol–water partition coefficient (Wildman–Crippen LogP) is 0.462. The van der Waals surface area contributed by atoms with Crippen LogP contribution in [0.15, 0.2) is 0 Å². The molecule has 1 aliphatic rings. The average Bonchev–Trinajstić information content (AvgIpc) is 2.29. The van der Waals surface area contributed by atoms with E-state index < -0.39 is 16.3 Å². The minimum Gasteiger partial charge on any atom is -0.449 e. The molecular formula is C9H17BrN2O5S. The molecular weight excluding hydrogens is 328 g/mol. The lowest BCUT2D eigenvalue weighted by Gasteiger charge is -2.35. The second-order valence-electron chi connectivity index (χ2n) is 3.86. The van der Waals surface area contributed by atoms with E-state index in [2.05, 4.69) is 20.7 Å². The van der Waals surface area contributed by atoms with E-state index in [1.165, 1.54) is 4.31 Å². The van der Waals surface area contributed by atoms with Crippen molar-refractivity contribution in [2.75, 3.05) is 25.1 Å². The number of morpholine rings is 1. The van der Waals surface area contributed by atoms with Crippen molar-refractivity contribution >= 4 is 32.2 Å². The van der Waals surface area contributed by atoms with Crippen molar-refractivity contribution in [1.82, 2.24) is 9.03 Å². The fourth-order valence-corrected chi connectivity index (χ4v) is 3.22. The normalized spacial score (nSPS) is 25.7. The summed E-state index contributed by atoms with van der Waals surface area (Å²) in [7, 11) is -3.89. The number of carbonyl (C=O) groups excluding carboxylic acids is 1. The van der Waals surface area contributed by atoms with Gasteiger partial charge in [-0.3, -0.25) is 0 Å². The summed E-state index contributed by atoms with van der Waals surface area (Å²) in [6, 6.07) is -0.327. The highest BCUT2D eigenvalue weighted by Gasteiger charge is 2.35. The molecule has 2 unspecified atom stereocenters. The first-order valence-electron chi connectivity index (χ1n) is 5.54. The quantitative estimate of drug-likeness (QED) is 0.749. The second-order valence-corrected chi connectivity index (χ2v) is 6.13. The lowest BCUT2D eigenvalue weighted by Crippen LogP contribution is -2.55. The summed E-state index contributed by atoms with van der Waals surface area (Å²) in [6.45, 7) is 3.92. The van der Waals surface area contributed by atoms with Crippen LogP contribution in [0.4, 0.5) is 4.79 Å². The van der Waals surface area contributed by atoms with E-state index in [4.69, 9.17) is 4.74 Å². The first kappa shape index (κ1) is 15.7. The Labute approximate surface area is 115 Å². The Morgan fingerprint density at radius 1 is 1.61 bits per heavy atom. The van der Waals surface area contributed by atoms with Gasteiger partial charge in [0.2, 0.25) is 0 Å². The number of carbonyl (C=O) groups is 1. The molecule has 0 radical (unpaired) electrons. The van der Waals surface area contributed by atoms with Crippen LogP contribution in [0.5, 0.6) is 0 Å². The molecule has 0 aromatic heterocycles. The zero-order chi connectivity index (χ0) is 13.8. The molecule has 1 N–H and O–H groups in total. The van der Waals surface area contributed by atoms with Gasteiger partial charge in [0.1, 0.15) is 0 Å². The van der Waals surface area contributed by atoms with Gasteiger partial charge >= 0.3 is 16.3 Å². The third-order valence-electron chi connectivity index (χ3n) is 2.42. The van der Waals surface area contributed by atoms with Gasteiger partial charge in [-0.25, -0.2) is 9.52 Å². The van der Waals surface area contributed by atoms with Crippen LogP contribution in [0.2, 0.25) is 0 Å². The van der Waals surface area contributed by atoms with Crippen LogP contribution in [0, 0.1) is 0 Å². The van der Waals surface area contributed by atoms with Crippen molar-refractivity contribution in [2.24, 2.45) is 0 Å². The van der Waals surface area contributed by atoms with Crippen molar-refractivity contribution in [2.45, 2.75) is 26.0 Å². The summed E-state index contributed by atoms with van der Waals surface area (Å²) in [5.74, 6) is 0. The first-order chi connectivity index (χ1) is 8.40. The summed E-state index contributed by atoms with van der Waals surface area (Å²) >= 11 is 3.24. The Balaban J connectivity index is 2.73. The molecule has 1 fully saturated rings. The first-order valence-corrected chi connectivity index (χ1v) is 8.10. The Bertz CT molecular complexity index is 388. The number of rotatable bonds is 4. The standard InChI is InChI=1S/C9H17BrN2O5S/c1-3-16-9(13)11-18(14,15)12-5-8(4-10)17-6-7(12)2/h7-8H,3-6H2,1-2H3,(H,11,13). The molecule has 0 aromatic carbocycles. The van der Waals surface area contributed by atoms with Gasteiger partial charge in [0, 0.05) is 17.9 Å². The van der Waals surface area contributed by atoms with Crippen LogP contribution in [0.3, 0.4) is 0 Å². The molecule has 1 amide bonds. The van der Waals surface area contributed by atoms with E-state index in [0.29, 0.717) is 11.9 Å². The average molecular weight is 345 g/mol. The molecule has 1 aliphatic heterocycles. The summed E-state index contributed by atoms with van der Waals surface area (Å²) in [5, 5.41) is 0.533. The Hall–Kier alpha value is -0.380. The van der Waals surface area contributed by atoms with Crippen molar-refractivity contribution in [3.63, 3.8) is 0 Å². The van der Waals surface area contributed by atoms with E-state index in [-0.39, 0.29) is 25.3 Å². The van der Waals surface area contributed by atoms with Crippen LogP contribution in [-0.4, -0.2) is 56.1 Å². The van der Waals surface area contributed by atoms with Gasteiger partial charge in [-0.15, -0.1) is 0 Å². The minimum atomic E-state index is -3.89. The van der Waals surface area contributed by atoms with Crippen molar-refractivity contribution in [3.8, 4) is 0 Å². The van der Waals surface area contributed by atoms with Crippen molar-refractivity contribution in [1.29, 1.82) is 0 Å². The highest BCUT2D eigenvalue weighted by Crippen LogP contribution is 2.16. The number of halogens is 1. The maximum Gasteiger partial charge on any atom is 0.421 e. The van der Waals surface area contributed by atoms with Gasteiger partial charge < -0.3 is 9.47 Å². The third-order valence-corrected chi connectivity index (χ3v) is 4.69. The zero-order valence-electron chi connectivity index (χ0n) is 10.3. The van der Waals surface area contributed by atoms with E-state index in [1.807, 2.05) is 4.72 Å². The summed E-state index contributed by atoms with van der Waals surface area (Å²) in [4.78, 5) is 11.2. The molecule has 0 aromatic rings. The van der Waals surface area contributed by atoms with E-state index in [1.54, 1.807) is 13.8 Å². The van der Waals surface area contributed by atoms with Gasteiger partial charge in [-0.1, -0.05) is 15.9 Å². The summed E-state index contributed by atoms with van der Waals surface area (Å²) in [6.07, 6.45) is -1.19. The molecule has 9 heteroatoms. The molecule has 0 saturated carbocycles. The molecule has 0 aliphatic carbocycles. The second kappa shape index (κ2) is 6.69. The molecule has 106 valence electrons. The van der Waals surface area contributed by atoms with Crippen LogP contribution in [-0.2, 0) is 19.7 Å². The summed E-state index contributed by atoms with van der Waals surface area (Å²) in [5.41, 5.74) is 0. The van der Waals surface area contributed by atoms with Gasteiger partial charge in [0.05, 0.1) is 19.3 Å². The number of amides is 1. The topological polar surface area (TPSA) is 84.9 Å². The van der Waals surface area contributed by atoms with Crippen LogP contribution in [0.25, 0.3) is 0 Å². The number of nitrogens with zero attached hydrogens (tertiary/aromatic N) is 1. The van der Waals surface area contributed by atoms with Crippen LogP contribution >= 0.6 is 15.9 Å². The predicted molar refractivity (Wildman–Crippen MR) is 68.8 cm³/mol. The number of nitrogens with one attached hydrogen (secondary N) is 1. The van der Waals surface area contributed by atoms with Crippen molar-refractivity contribution < 1.29 is 22.7 Å². The van der Waals surface area contributed by atoms with E-state index >= 15 is 0 Å². The van der Waals surface area contributed by atoms with E-state index in [9.17, 15) is 13.2 Å². The van der Waals surface area contributed by atoms with Crippen molar-refractivity contribution in [3.05, 3.63) is 0 Å². The number of hydrogen-bond donors (Lipinski definition) is 1. The fraction of sp³-hybridized carbons (Fsp3) is 0.889. The molecule has 1 saturated heterocycles. The molecule has 18 heavy (non-hydrogen) atoms. The lowest BCUT2D eigenvalue weighted by atomic mass is 10.2. The highest BCUT2D eigenvalue weighted by molar-refractivity contribution is 9.09. The monoisotopic (exact) mass is 344 g/mol. The van der Waals surface area contributed by atoms with Gasteiger partial charge in [0.15, 0.2) is 0 Å². The fourth-order valence-electron chi connectivity index (χ4n) is 1.54. The lowest BCUT2D eigenvalue weighted by molar-refractivity contribution is -0.0143. The molecule has 1 rings (SSSR count). The van der Waals surface area contributed by atoms with Crippen LogP contribution in [0.1, 0.15) is 13.8 Å². The number of alkyl halides is 1.